The van der Waals surface area contributed by atoms with Crippen LogP contribution >= 0.6 is 11.6 Å². The number of aromatic amines is 1. The van der Waals surface area contributed by atoms with Crippen LogP contribution in [0.25, 0.3) is 0 Å². The first-order chi connectivity index (χ1) is 20.1. The highest BCUT2D eigenvalue weighted by atomic mass is 35.5. The van der Waals surface area contributed by atoms with Crippen molar-refractivity contribution in [2.75, 3.05) is 29.9 Å². The molecule has 1 saturated heterocycles. The van der Waals surface area contributed by atoms with E-state index in [-0.39, 0.29) is 35.5 Å². The number of ether oxygens (including phenoxy) is 1. The van der Waals surface area contributed by atoms with Crippen LogP contribution < -0.4 is 10.2 Å². The Morgan fingerprint density at radius 2 is 1.91 bits per heavy atom. The van der Waals surface area contributed by atoms with Crippen molar-refractivity contribution in [3.63, 3.8) is 0 Å². The van der Waals surface area contributed by atoms with E-state index in [0.29, 0.717) is 36.0 Å². The summed E-state index contributed by atoms with van der Waals surface area (Å²) in [5, 5.41) is 10.9. The van der Waals surface area contributed by atoms with Crippen LogP contribution in [0.5, 0.6) is 0 Å². The van der Waals surface area contributed by atoms with Crippen LogP contribution in [-0.4, -0.2) is 58.4 Å². The van der Waals surface area contributed by atoms with Gasteiger partial charge < -0.3 is 15.0 Å². The van der Waals surface area contributed by atoms with Gasteiger partial charge in [-0.3, -0.25) is 14.8 Å². The number of benzene rings is 2. The summed E-state index contributed by atoms with van der Waals surface area (Å²) in [5.74, 6) is 0.423. The van der Waals surface area contributed by atoms with Gasteiger partial charge in [-0.1, -0.05) is 44.5 Å². The maximum Gasteiger partial charge on any atom is 0.410 e. The molecule has 1 fully saturated rings. The number of nitrogens with one attached hydrogen (secondary N) is 2. The van der Waals surface area contributed by atoms with Crippen LogP contribution in [0.15, 0.2) is 36.5 Å². The fourth-order valence-electron chi connectivity index (χ4n) is 6.16. The number of amides is 2. The van der Waals surface area contributed by atoms with Crippen LogP contribution in [0.4, 0.5) is 20.7 Å². The molecule has 2 unspecified atom stereocenters. The van der Waals surface area contributed by atoms with E-state index in [2.05, 4.69) is 36.3 Å². The molecule has 8 nitrogen and oxygen atoms in total. The molecule has 5 rings (SSSR count). The number of hydrogen-bond acceptors (Lipinski definition) is 5. The van der Waals surface area contributed by atoms with Gasteiger partial charge in [0.2, 0.25) is 0 Å². The molecular formula is C33H41ClFN5O3. The van der Waals surface area contributed by atoms with Crippen LogP contribution in [0.1, 0.15) is 87.0 Å². The highest BCUT2D eigenvalue weighted by Crippen LogP contribution is 2.46. The molecule has 10 heteroatoms. The van der Waals surface area contributed by atoms with E-state index in [1.165, 1.54) is 6.07 Å². The highest BCUT2D eigenvalue weighted by molar-refractivity contribution is 6.30. The molecule has 3 aromatic rings. The number of halogens is 2. The number of carbonyl (C=O) groups is 2. The number of rotatable bonds is 6. The van der Waals surface area contributed by atoms with E-state index >= 15 is 4.39 Å². The Kier molecular flexibility index (Phi) is 8.01. The van der Waals surface area contributed by atoms with Gasteiger partial charge in [0.25, 0.3) is 5.91 Å². The van der Waals surface area contributed by atoms with Crippen molar-refractivity contribution in [2.24, 2.45) is 5.92 Å². The number of fused-ring (bicyclic) bond motifs is 1. The van der Waals surface area contributed by atoms with Crippen LogP contribution in [0.3, 0.4) is 0 Å². The van der Waals surface area contributed by atoms with E-state index in [1.807, 2.05) is 46.8 Å². The second kappa shape index (κ2) is 11.2. The zero-order chi connectivity index (χ0) is 31.4. The lowest BCUT2D eigenvalue weighted by Crippen LogP contribution is -2.58. The lowest BCUT2D eigenvalue weighted by Gasteiger charge is -2.44. The van der Waals surface area contributed by atoms with Gasteiger partial charge >= 0.3 is 6.09 Å². The van der Waals surface area contributed by atoms with E-state index in [9.17, 15) is 9.59 Å². The fraction of sp³-hybridized carbons (Fsp3) is 0.485. The minimum Gasteiger partial charge on any atom is -0.444 e. The Morgan fingerprint density at radius 3 is 2.56 bits per heavy atom. The van der Waals surface area contributed by atoms with Gasteiger partial charge in [0.15, 0.2) is 0 Å². The third-order valence-corrected chi connectivity index (χ3v) is 9.11. The fourth-order valence-corrected chi connectivity index (χ4v) is 6.34. The summed E-state index contributed by atoms with van der Waals surface area (Å²) in [4.78, 5) is 30.0. The average molecular weight is 610 g/mol. The smallest absolute Gasteiger partial charge is 0.410 e. The first-order valence-corrected chi connectivity index (χ1v) is 15.2. The third kappa shape index (κ3) is 5.59. The van der Waals surface area contributed by atoms with E-state index < -0.39 is 16.8 Å². The summed E-state index contributed by atoms with van der Waals surface area (Å²) in [6.07, 6.45) is 1.43. The van der Waals surface area contributed by atoms with Crippen molar-refractivity contribution < 1.29 is 18.7 Å². The van der Waals surface area contributed by atoms with Gasteiger partial charge in [-0.25, -0.2) is 9.18 Å². The molecule has 0 aliphatic carbocycles. The molecule has 43 heavy (non-hydrogen) atoms. The summed E-state index contributed by atoms with van der Waals surface area (Å²) in [7, 11) is 0. The standard InChI is InChI=1S/C33H41ClFN5O3/c1-18(2)19(3)23-14-36-38-29(23)40-17-33(8,24-10-9-11-25(34)28(24)35)27-20(4)26(13-12-22(27)30(40)41)37-21-15-39(16-21)31(42)43-32(5,6)7/h9-14,18-19,21,37H,15-17H2,1-8H3,(H,36,38). The SMILES string of the molecule is Cc1c(NC2CN(C(=O)OC(C)(C)C)C2)ccc2c1C(C)(c1cccc(Cl)c1F)CN(c1[nH]ncc1C(C)C(C)C)C2=O. The van der Waals surface area contributed by atoms with E-state index in [0.717, 1.165) is 22.4 Å². The molecule has 2 atom stereocenters. The minimum absolute atomic E-state index is 0.0132. The topological polar surface area (TPSA) is 90.6 Å². The quantitative estimate of drug-likeness (QED) is 0.307. The van der Waals surface area contributed by atoms with Gasteiger partial charge in [0.05, 0.1) is 17.3 Å². The summed E-state index contributed by atoms with van der Waals surface area (Å²) < 4.78 is 21.3. The van der Waals surface area contributed by atoms with Gasteiger partial charge in [0, 0.05) is 47.4 Å². The van der Waals surface area contributed by atoms with Crippen molar-refractivity contribution in [3.05, 3.63) is 75.2 Å². The molecule has 2 N–H and O–H groups in total. The zero-order valence-electron chi connectivity index (χ0n) is 26.1. The molecule has 0 spiro atoms. The average Bonchev–Trinajstić information content (AvgIpc) is 3.38. The van der Waals surface area contributed by atoms with Gasteiger partial charge in [-0.2, -0.15) is 5.10 Å². The number of H-pyrrole nitrogens is 1. The Morgan fingerprint density at radius 1 is 1.21 bits per heavy atom. The van der Waals surface area contributed by atoms with Crippen molar-refractivity contribution in [1.29, 1.82) is 0 Å². The lowest BCUT2D eigenvalue weighted by molar-refractivity contribution is 0.0105. The Balaban J connectivity index is 1.54. The van der Waals surface area contributed by atoms with Crippen molar-refractivity contribution >= 4 is 35.1 Å². The molecule has 2 amide bonds. The molecular weight excluding hydrogens is 569 g/mol. The van der Waals surface area contributed by atoms with Crippen molar-refractivity contribution in [3.8, 4) is 0 Å². The number of likely N-dealkylation sites (tertiary alicyclic amines) is 1. The molecule has 0 radical (unpaired) electrons. The normalized spacial score (nSPS) is 19.7. The third-order valence-electron chi connectivity index (χ3n) is 8.81. The summed E-state index contributed by atoms with van der Waals surface area (Å²) in [5.41, 5.74) is 2.79. The number of aromatic nitrogens is 2. The van der Waals surface area contributed by atoms with Crippen LogP contribution in [0.2, 0.25) is 5.02 Å². The van der Waals surface area contributed by atoms with Gasteiger partial charge in [-0.05, 0) is 75.8 Å². The Labute approximate surface area is 257 Å². The summed E-state index contributed by atoms with van der Waals surface area (Å²) in [6.45, 7) is 17.0. The number of anilines is 2. The van der Waals surface area contributed by atoms with Crippen LogP contribution in [0, 0.1) is 18.7 Å². The molecule has 0 bridgehead atoms. The lowest BCUT2D eigenvalue weighted by atomic mass is 9.69. The van der Waals surface area contributed by atoms with Crippen molar-refractivity contribution in [2.45, 2.75) is 78.4 Å². The number of hydrogen-bond donors (Lipinski definition) is 2. The van der Waals surface area contributed by atoms with Crippen molar-refractivity contribution in [1.82, 2.24) is 15.1 Å². The molecule has 2 aliphatic heterocycles. The largest absolute Gasteiger partial charge is 0.444 e. The second-order valence-electron chi connectivity index (χ2n) is 13.4. The molecule has 3 heterocycles. The monoisotopic (exact) mass is 609 g/mol. The predicted molar refractivity (Wildman–Crippen MR) is 168 cm³/mol. The minimum atomic E-state index is -0.939. The summed E-state index contributed by atoms with van der Waals surface area (Å²) in [6, 6.07) is 8.74. The first-order valence-electron chi connectivity index (χ1n) is 14.8. The maximum absolute atomic E-state index is 15.8. The molecule has 230 valence electrons. The van der Waals surface area contributed by atoms with E-state index in [4.69, 9.17) is 16.3 Å². The Hall–Kier alpha value is -3.59. The highest BCUT2D eigenvalue weighted by Gasteiger charge is 2.46. The summed E-state index contributed by atoms with van der Waals surface area (Å²) >= 11 is 6.31. The predicted octanol–water partition coefficient (Wildman–Crippen LogP) is 7.27. The maximum atomic E-state index is 15.8. The van der Waals surface area contributed by atoms with E-state index in [1.54, 1.807) is 28.1 Å². The molecule has 2 aliphatic rings. The second-order valence-corrected chi connectivity index (χ2v) is 13.8. The van der Waals surface area contributed by atoms with Gasteiger partial charge in [0.1, 0.15) is 17.2 Å². The number of nitrogens with zero attached hydrogens (tertiary/aromatic N) is 3. The molecule has 2 aromatic carbocycles. The molecule has 0 saturated carbocycles. The van der Waals surface area contributed by atoms with Gasteiger partial charge in [-0.15, -0.1) is 0 Å². The molecule has 1 aromatic heterocycles. The number of carbonyl (C=O) groups excluding carboxylic acids is 2. The zero-order valence-corrected chi connectivity index (χ0v) is 26.9. The van der Waals surface area contributed by atoms with Crippen LogP contribution in [-0.2, 0) is 10.2 Å². The first kappa shape index (κ1) is 30.9. The Bertz CT molecular complexity index is 1560.